The van der Waals surface area contributed by atoms with E-state index in [1.54, 1.807) is 31.2 Å². The maximum Gasteiger partial charge on any atom is 0.340 e. The molecular formula is C11H13ClN2O2. The summed E-state index contributed by atoms with van der Waals surface area (Å²) < 4.78 is 4.90. The number of benzene rings is 1. The van der Waals surface area contributed by atoms with E-state index in [1.807, 2.05) is 0 Å². The molecule has 1 aromatic carbocycles. The maximum atomic E-state index is 11.6. The minimum Gasteiger partial charge on any atom is -0.462 e. The van der Waals surface area contributed by atoms with E-state index in [1.165, 1.54) is 0 Å². The van der Waals surface area contributed by atoms with Crippen LogP contribution in [0.25, 0.3) is 0 Å². The summed E-state index contributed by atoms with van der Waals surface area (Å²) in [6.07, 6.45) is 0. The van der Waals surface area contributed by atoms with Gasteiger partial charge < -0.3 is 10.5 Å². The Labute approximate surface area is 99.1 Å². The van der Waals surface area contributed by atoms with E-state index < -0.39 is 5.97 Å². The fourth-order valence-electron chi connectivity index (χ4n) is 1.14. The van der Waals surface area contributed by atoms with Crippen molar-refractivity contribution in [3.63, 3.8) is 0 Å². The Bertz CT molecular complexity index is 405. The SMILES string of the molecule is CCOC(=O)c1ccccc1N=C(N)CCl. The molecule has 0 bridgehead atoms. The number of esters is 1. The van der Waals surface area contributed by atoms with E-state index >= 15 is 0 Å². The summed E-state index contributed by atoms with van der Waals surface area (Å²) in [7, 11) is 0. The van der Waals surface area contributed by atoms with Crippen molar-refractivity contribution in [2.24, 2.45) is 10.7 Å². The van der Waals surface area contributed by atoms with Crippen LogP contribution in [0.15, 0.2) is 29.3 Å². The molecule has 4 nitrogen and oxygen atoms in total. The Kier molecular flexibility index (Phi) is 4.79. The molecule has 0 aliphatic carbocycles. The molecule has 0 spiro atoms. The molecule has 1 rings (SSSR count). The summed E-state index contributed by atoms with van der Waals surface area (Å²) in [5.41, 5.74) is 6.37. The number of halogens is 1. The first-order valence-electron chi connectivity index (χ1n) is 4.84. The number of carbonyl (C=O) groups is 1. The van der Waals surface area contributed by atoms with Crippen molar-refractivity contribution in [2.75, 3.05) is 12.5 Å². The third kappa shape index (κ3) is 3.24. The molecule has 0 aliphatic heterocycles. The van der Waals surface area contributed by atoms with Crippen molar-refractivity contribution in [1.82, 2.24) is 0 Å². The minimum absolute atomic E-state index is 0.122. The summed E-state index contributed by atoms with van der Waals surface area (Å²) >= 11 is 5.52. The van der Waals surface area contributed by atoms with Gasteiger partial charge in [-0.2, -0.15) is 0 Å². The number of aliphatic imine (C=N–C) groups is 1. The zero-order valence-electron chi connectivity index (χ0n) is 8.94. The number of hydrogen-bond donors (Lipinski definition) is 1. The fraction of sp³-hybridized carbons (Fsp3) is 0.273. The van der Waals surface area contributed by atoms with E-state index in [2.05, 4.69) is 4.99 Å². The van der Waals surface area contributed by atoms with Crippen molar-refractivity contribution in [2.45, 2.75) is 6.92 Å². The van der Waals surface area contributed by atoms with Gasteiger partial charge in [-0.15, -0.1) is 11.6 Å². The second-order valence-electron chi connectivity index (χ2n) is 2.97. The number of amidine groups is 1. The highest BCUT2D eigenvalue weighted by atomic mass is 35.5. The van der Waals surface area contributed by atoms with Crippen LogP contribution in [0.5, 0.6) is 0 Å². The molecule has 2 N–H and O–H groups in total. The van der Waals surface area contributed by atoms with Crippen LogP contribution >= 0.6 is 11.6 Å². The lowest BCUT2D eigenvalue weighted by atomic mass is 10.2. The summed E-state index contributed by atoms with van der Waals surface area (Å²) in [4.78, 5) is 15.6. The highest BCUT2D eigenvalue weighted by Crippen LogP contribution is 2.19. The van der Waals surface area contributed by atoms with Crippen molar-refractivity contribution < 1.29 is 9.53 Å². The van der Waals surface area contributed by atoms with Crippen LogP contribution in [0.1, 0.15) is 17.3 Å². The molecule has 0 aliphatic rings. The van der Waals surface area contributed by atoms with Gasteiger partial charge in [-0.25, -0.2) is 9.79 Å². The van der Waals surface area contributed by atoms with Gasteiger partial charge in [0.15, 0.2) is 0 Å². The monoisotopic (exact) mass is 240 g/mol. The lowest BCUT2D eigenvalue weighted by Gasteiger charge is -2.05. The minimum atomic E-state index is -0.413. The van der Waals surface area contributed by atoms with E-state index in [0.717, 1.165) is 0 Å². The Balaban J connectivity index is 3.05. The first kappa shape index (κ1) is 12.5. The van der Waals surface area contributed by atoms with Gasteiger partial charge in [0.25, 0.3) is 0 Å². The summed E-state index contributed by atoms with van der Waals surface area (Å²) in [5.74, 6) is -0.0282. The van der Waals surface area contributed by atoms with Crippen LogP contribution in [0.4, 0.5) is 5.69 Å². The molecule has 0 fully saturated rings. The molecule has 0 aromatic heterocycles. The summed E-state index contributed by atoms with van der Waals surface area (Å²) in [6, 6.07) is 6.83. The zero-order valence-corrected chi connectivity index (χ0v) is 9.70. The van der Waals surface area contributed by atoms with E-state index in [0.29, 0.717) is 17.9 Å². The van der Waals surface area contributed by atoms with E-state index in [9.17, 15) is 4.79 Å². The van der Waals surface area contributed by atoms with E-state index in [-0.39, 0.29) is 11.7 Å². The molecule has 0 heterocycles. The fourth-order valence-corrected chi connectivity index (χ4v) is 1.20. The highest BCUT2D eigenvalue weighted by Gasteiger charge is 2.11. The normalized spacial score (nSPS) is 11.2. The topological polar surface area (TPSA) is 64.7 Å². The van der Waals surface area contributed by atoms with Crippen molar-refractivity contribution >= 4 is 29.1 Å². The third-order valence-corrected chi connectivity index (χ3v) is 2.07. The Morgan fingerprint density at radius 2 is 2.19 bits per heavy atom. The highest BCUT2D eigenvalue weighted by molar-refractivity contribution is 6.28. The first-order valence-corrected chi connectivity index (χ1v) is 5.37. The average molecular weight is 241 g/mol. The molecule has 1 aromatic rings. The molecule has 86 valence electrons. The number of carbonyl (C=O) groups excluding carboxylic acids is 1. The predicted octanol–water partition coefficient (Wildman–Crippen LogP) is 2.09. The molecule has 0 amide bonds. The van der Waals surface area contributed by atoms with Crippen molar-refractivity contribution in [1.29, 1.82) is 0 Å². The maximum absolute atomic E-state index is 11.6. The molecular weight excluding hydrogens is 228 g/mol. The smallest absolute Gasteiger partial charge is 0.340 e. The average Bonchev–Trinajstić information content (AvgIpc) is 2.30. The summed E-state index contributed by atoms with van der Waals surface area (Å²) in [6.45, 7) is 2.07. The van der Waals surface area contributed by atoms with Gasteiger partial charge in [0, 0.05) is 0 Å². The van der Waals surface area contributed by atoms with Crippen molar-refractivity contribution in [3.05, 3.63) is 29.8 Å². The summed E-state index contributed by atoms with van der Waals surface area (Å²) in [5, 5.41) is 0. The molecule has 0 atom stereocenters. The van der Waals surface area contributed by atoms with Crippen LogP contribution in [0.3, 0.4) is 0 Å². The third-order valence-electron chi connectivity index (χ3n) is 1.80. The van der Waals surface area contributed by atoms with Crippen LogP contribution < -0.4 is 5.73 Å². The first-order chi connectivity index (χ1) is 7.69. The second kappa shape index (κ2) is 6.12. The molecule has 5 heteroatoms. The lowest BCUT2D eigenvalue weighted by Crippen LogP contribution is -2.13. The number of alkyl halides is 1. The van der Waals surface area contributed by atoms with Crippen LogP contribution in [0, 0.1) is 0 Å². The van der Waals surface area contributed by atoms with Gasteiger partial charge in [-0.05, 0) is 19.1 Å². The van der Waals surface area contributed by atoms with E-state index in [4.69, 9.17) is 22.1 Å². The van der Waals surface area contributed by atoms with Gasteiger partial charge in [-0.1, -0.05) is 12.1 Å². The second-order valence-corrected chi connectivity index (χ2v) is 3.24. The number of hydrogen-bond acceptors (Lipinski definition) is 3. The molecule has 16 heavy (non-hydrogen) atoms. The largest absolute Gasteiger partial charge is 0.462 e. The quantitative estimate of drug-likeness (QED) is 0.379. The number of para-hydroxylation sites is 1. The van der Waals surface area contributed by atoms with Gasteiger partial charge in [-0.3, -0.25) is 0 Å². The standard InChI is InChI=1S/C11H13ClN2O2/c1-2-16-11(15)8-5-3-4-6-9(8)14-10(13)7-12/h3-6H,2,7H2,1H3,(H2,13,14). The molecule has 0 saturated carbocycles. The Morgan fingerprint density at radius 3 is 2.81 bits per heavy atom. The van der Waals surface area contributed by atoms with Gasteiger partial charge in [0.1, 0.15) is 5.84 Å². The number of rotatable bonds is 4. The Hall–Kier alpha value is -1.55. The van der Waals surface area contributed by atoms with Crippen molar-refractivity contribution in [3.8, 4) is 0 Å². The van der Waals surface area contributed by atoms with Crippen LogP contribution in [-0.2, 0) is 4.74 Å². The van der Waals surface area contributed by atoms with Gasteiger partial charge in [0.05, 0.1) is 23.7 Å². The molecule has 0 saturated heterocycles. The van der Waals surface area contributed by atoms with Crippen LogP contribution in [0.2, 0.25) is 0 Å². The molecule has 0 radical (unpaired) electrons. The van der Waals surface area contributed by atoms with Gasteiger partial charge >= 0.3 is 5.97 Å². The van der Waals surface area contributed by atoms with Gasteiger partial charge in [0.2, 0.25) is 0 Å². The molecule has 0 unspecified atom stereocenters. The predicted molar refractivity (Wildman–Crippen MR) is 64.4 cm³/mol. The lowest BCUT2D eigenvalue weighted by molar-refractivity contribution is 0.0527. The number of ether oxygens (including phenoxy) is 1. The Morgan fingerprint density at radius 1 is 1.50 bits per heavy atom. The number of nitrogens with two attached hydrogens (primary N) is 1. The number of nitrogens with zero attached hydrogens (tertiary/aromatic N) is 1. The zero-order chi connectivity index (χ0) is 12.0. The van der Waals surface area contributed by atoms with Crippen LogP contribution in [-0.4, -0.2) is 24.3 Å².